The first kappa shape index (κ1) is 23.3. The molecule has 0 spiro atoms. The molecule has 0 aliphatic carbocycles. The predicted octanol–water partition coefficient (Wildman–Crippen LogP) is 6.47. The second-order valence-electron chi connectivity index (χ2n) is 7.21. The van der Waals surface area contributed by atoms with E-state index in [1.165, 1.54) is 89.9 Å². The summed E-state index contributed by atoms with van der Waals surface area (Å²) >= 11 is 0. The summed E-state index contributed by atoms with van der Waals surface area (Å²) in [6.07, 6.45) is 21.3. The number of carbonyl (C=O) groups excluding carboxylic acids is 1. The Balaban J connectivity index is 3.64. The molecule has 0 heterocycles. The standard InChI is InChI=1S/C21H42N2O/c1-4-6-8-10-11-12-13-14-15-16-18-21(22-20-24)23(3)19-17-9-7-5-2/h21H,4-19H2,1-3H3. The van der Waals surface area contributed by atoms with E-state index < -0.39 is 0 Å². The summed E-state index contributed by atoms with van der Waals surface area (Å²) in [4.78, 5) is 16.9. The minimum atomic E-state index is 0.0400. The van der Waals surface area contributed by atoms with Crippen LogP contribution in [0, 0.1) is 0 Å². The monoisotopic (exact) mass is 338 g/mol. The lowest BCUT2D eigenvalue weighted by Crippen LogP contribution is -2.31. The van der Waals surface area contributed by atoms with Crippen molar-refractivity contribution in [1.82, 2.24) is 4.90 Å². The van der Waals surface area contributed by atoms with Gasteiger partial charge in [0.2, 0.25) is 6.08 Å². The van der Waals surface area contributed by atoms with Crippen LogP contribution in [0.3, 0.4) is 0 Å². The summed E-state index contributed by atoms with van der Waals surface area (Å²) in [5.74, 6) is 0. The van der Waals surface area contributed by atoms with Gasteiger partial charge < -0.3 is 0 Å². The van der Waals surface area contributed by atoms with Crippen LogP contribution >= 0.6 is 0 Å². The molecule has 0 rings (SSSR count). The average Bonchev–Trinajstić information content (AvgIpc) is 2.59. The van der Waals surface area contributed by atoms with Gasteiger partial charge in [-0.1, -0.05) is 90.9 Å². The molecule has 3 heteroatoms. The molecule has 24 heavy (non-hydrogen) atoms. The Labute approximate surface area is 151 Å². The fourth-order valence-electron chi connectivity index (χ4n) is 3.20. The van der Waals surface area contributed by atoms with Crippen molar-refractivity contribution in [3.63, 3.8) is 0 Å². The Hall–Kier alpha value is -0.660. The first-order chi connectivity index (χ1) is 11.8. The van der Waals surface area contributed by atoms with Gasteiger partial charge in [0.25, 0.3) is 0 Å². The molecular weight excluding hydrogens is 296 g/mol. The molecule has 0 aromatic rings. The van der Waals surface area contributed by atoms with Gasteiger partial charge in [-0.2, -0.15) is 4.99 Å². The first-order valence-electron chi connectivity index (χ1n) is 10.5. The molecular formula is C21H42N2O. The van der Waals surface area contributed by atoms with Crippen LogP contribution in [0.15, 0.2) is 4.99 Å². The molecule has 3 nitrogen and oxygen atoms in total. The number of rotatable bonds is 18. The maximum Gasteiger partial charge on any atom is 0.236 e. The highest BCUT2D eigenvalue weighted by molar-refractivity contribution is 5.33. The summed E-state index contributed by atoms with van der Waals surface area (Å²) in [6.45, 7) is 5.53. The Morgan fingerprint density at radius 1 is 0.750 bits per heavy atom. The Morgan fingerprint density at radius 2 is 1.21 bits per heavy atom. The summed E-state index contributed by atoms with van der Waals surface area (Å²) < 4.78 is 0. The largest absolute Gasteiger partial charge is 0.284 e. The van der Waals surface area contributed by atoms with Crippen molar-refractivity contribution in [3.8, 4) is 0 Å². The third-order valence-electron chi connectivity index (χ3n) is 4.89. The van der Waals surface area contributed by atoms with E-state index >= 15 is 0 Å². The lowest BCUT2D eigenvalue weighted by atomic mass is 10.1. The minimum Gasteiger partial charge on any atom is -0.284 e. The molecule has 0 N–H and O–H groups in total. The van der Waals surface area contributed by atoms with Crippen molar-refractivity contribution in [2.75, 3.05) is 13.6 Å². The predicted molar refractivity (Wildman–Crippen MR) is 105 cm³/mol. The highest BCUT2D eigenvalue weighted by Gasteiger charge is 2.12. The fourth-order valence-corrected chi connectivity index (χ4v) is 3.20. The summed E-state index contributed by atoms with van der Waals surface area (Å²) in [5.41, 5.74) is 0. The molecule has 1 atom stereocenters. The zero-order valence-corrected chi connectivity index (χ0v) is 16.7. The van der Waals surface area contributed by atoms with Crippen LogP contribution in [0.4, 0.5) is 0 Å². The smallest absolute Gasteiger partial charge is 0.236 e. The Morgan fingerprint density at radius 3 is 1.71 bits per heavy atom. The van der Waals surface area contributed by atoms with Crippen LogP contribution in [0.5, 0.6) is 0 Å². The van der Waals surface area contributed by atoms with Gasteiger partial charge in [-0.05, 0) is 32.9 Å². The van der Waals surface area contributed by atoms with Gasteiger partial charge in [0.1, 0.15) is 6.17 Å². The molecule has 0 aliphatic heterocycles. The highest BCUT2D eigenvalue weighted by atomic mass is 16.1. The molecule has 0 amide bonds. The highest BCUT2D eigenvalue weighted by Crippen LogP contribution is 2.14. The van der Waals surface area contributed by atoms with E-state index in [1.807, 2.05) is 0 Å². The van der Waals surface area contributed by atoms with Crippen LogP contribution < -0.4 is 0 Å². The SMILES string of the molecule is CCCCCCCCCCCCC(N=C=O)N(C)CCCCCC. The molecule has 1 unspecified atom stereocenters. The normalized spacial score (nSPS) is 12.3. The second-order valence-corrected chi connectivity index (χ2v) is 7.21. The van der Waals surface area contributed by atoms with Gasteiger partial charge in [0, 0.05) is 0 Å². The van der Waals surface area contributed by atoms with Gasteiger partial charge in [0.15, 0.2) is 0 Å². The van der Waals surface area contributed by atoms with Crippen molar-refractivity contribution >= 4 is 6.08 Å². The molecule has 0 aromatic carbocycles. The van der Waals surface area contributed by atoms with Crippen molar-refractivity contribution in [2.45, 2.75) is 116 Å². The zero-order valence-electron chi connectivity index (χ0n) is 16.7. The van der Waals surface area contributed by atoms with Crippen molar-refractivity contribution in [1.29, 1.82) is 0 Å². The molecule has 0 saturated carbocycles. The number of hydrogen-bond acceptors (Lipinski definition) is 3. The Bertz CT molecular complexity index is 300. The molecule has 0 radical (unpaired) electrons. The van der Waals surface area contributed by atoms with Crippen LogP contribution in [0.2, 0.25) is 0 Å². The number of unbranched alkanes of at least 4 members (excludes halogenated alkanes) is 12. The van der Waals surface area contributed by atoms with E-state index in [0.29, 0.717) is 0 Å². The molecule has 0 bridgehead atoms. The quantitative estimate of drug-likeness (QED) is 0.163. The molecule has 0 aromatic heterocycles. The summed E-state index contributed by atoms with van der Waals surface area (Å²) in [5, 5.41) is 0. The van der Waals surface area contributed by atoms with E-state index in [1.54, 1.807) is 6.08 Å². The lowest BCUT2D eigenvalue weighted by Gasteiger charge is -2.23. The van der Waals surface area contributed by atoms with Crippen molar-refractivity contribution in [2.24, 2.45) is 4.99 Å². The van der Waals surface area contributed by atoms with Crippen molar-refractivity contribution < 1.29 is 4.79 Å². The number of isocyanates is 1. The van der Waals surface area contributed by atoms with Crippen LogP contribution in [0.1, 0.15) is 110 Å². The van der Waals surface area contributed by atoms with Crippen LogP contribution in [-0.4, -0.2) is 30.7 Å². The second kappa shape index (κ2) is 18.7. The van der Waals surface area contributed by atoms with E-state index in [4.69, 9.17) is 0 Å². The topological polar surface area (TPSA) is 32.7 Å². The number of hydrogen-bond donors (Lipinski definition) is 0. The average molecular weight is 339 g/mol. The molecule has 0 fully saturated rings. The van der Waals surface area contributed by atoms with E-state index in [0.717, 1.165) is 13.0 Å². The maximum atomic E-state index is 10.7. The maximum absolute atomic E-state index is 10.7. The van der Waals surface area contributed by atoms with Crippen molar-refractivity contribution in [3.05, 3.63) is 0 Å². The summed E-state index contributed by atoms with van der Waals surface area (Å²) in [7, 11) is 2.09. The molecule has 142 valence electrons. The van der Waals surface area contributed by atoms with Gasteiger partial charge >= 0.3 is 0 Å². The van der Waals surface area contributed by atoms with Gasteiger partial charge in [-0.25, -0.2) is 4.79 Å². The van der Waals surface area contributed by atoms with E-state index in [2.05, 4.69) is 30.8 Å². The van der Waals surface area contributed by atoms with E-state index in [-0.39, 0.29) is 6.17 Å². The third-order valence-corrected chi connectivity index (χ3v) is 4.89. The first-order valence-corrected chi connectivity index (χ1v) is 10.5. The Kier molecular flexibility index (Phi) is 18.2. The van der Waals surface area contributed by atoms with Gasteiger partial charge in [-0.15, -0.1) is 0 Å². The molecule has 0 saturated heterocycles. The van der Waals surface area contributed by atoms with Crippen LogP contribution in [-0.2, 0) is 4.79 Å². The molecule has 0 aliphatic rings. The number of nitrogens with zero attached hydrogens (tertiary/aromatic N) is 2. The van der Waals surface area contributed by atoms with Crippen LogP contribution in [0.25, 0.3) is 0 Å². The van der Waals surface area contributed by atoms with Gasteiger partial charge in [-0.3, -0.25) is 4.90 Å². The zero-order chi connectivity index (χ0) is 17.9. The fraction of sp³-hybridized carbons (Fsp3) is 0.952. The minimum absolute atomic E-state index is 0.0400. The van der Waals surface area contributed by atoms with Gasteiger partial charge in [0.05, 0.1) is 0 Å². The third kappa shape index (κ3) is 14.9. The number of aliphatic imine (C=N–C) groups is 1. The summed E-state index contributed by atoms with van der Waals surface area (Å²) in [6, 6.07) is 0. The lowest BCUT2D eigenvalue weighted by molar-refractivity contribution is 0.227. The van der Waals surface area contributed by atoms with E-state index in [9.17, 15) is 4.79 Å².